The third-order valence-electron chi connectivity index (χ3n) is 4.31. The number of carbonyl (C=O) groups is 2. The Morgan fingerprint density at radius 3 is 2.61 bits per heavy atom. The number of hydrogen-bond donors (Lipinski definition) is 3. The normalized spacial score (nSPS) is 15.2. The lowest BCUT2D eigenvalue weighted by atomic mass is 9.95. The molecule has 0 atom stereocenters. The smallest absolute Gasteiger partial charge is 0.251 e. The van der Waals surface area contributed by atoms with Crippen molar-refractivity contribution in [3.63, 3.8) is 0 Å². The number of benzene rings is 1. The summed E-state index contributed by atoms with van der Waals surface area (Å²) in [7, 11) is 0. The molecule has 1 saturated carbocycles. The summed E-state index contributed by atoms with van der Waals surface area (Å²) in [6.07, 6.45) is 6.88. The van der Waals surface area contributed by atoms with Gasteiger partial charge in [-0.15, -0.1) is 0 Å². The summed E-state index contributed by atoms with van der Waals surface area (Å²) in [5.74, 6) is -0.0704. The zero-order valence-electron chi connectivity index (χ0n) is 13.9. The van der Waals surface area contributed by atoms with Gasteiger partial charge in [0.2, 0.25) is 5.91 Å². The van der Waals surface area contributed by atoms with Crippen molar-refractivity contribution in [1.29, 1.82) is 0 Å². The van der Waals surface area contributed by atoms with E-state index in [1.165, 1.54) is 19.3 Å². The van der Waals surface area contributed by atoms with E-state index in [-0.39, 0.29) is 11.8 Å². The van der Waals surface area contributed by atoms with E-state index in [1.807, 2.05) is 13.0 Å². The summed E-state index contributed by atoms with van der Waals surface area (Å²) in [5.41, 5.74) is 7.69. The first-order valence-corrected chi connectivity index (χ1v) is 8.51. The van der Waals surface area contributed by atoms with Crippen LogP contribution in [0.1, 0.15) is 60.9 Å². The maximum absolute atomic E-state index is 12.3. The van der Waals surface area contributed by atoms with E-state index in [2.05, 4.69) is 10.6 Å². The lowest BCUT2D eigenvalue weighted by molar-refractivity contribution is -0.116. The minimum absolute atomic E-state index is 0.0268. The lowest BCUT2D eigenvalue weighted by Gasteiger charge is -2.23. The molecule has 1 aliphatic rings. The second-order valence-electron chi connectivity index (χ2n) is 6.28. The Kier molecular flexibility index (Phi) is 6.59. The first-order chi connectivity index (χ1) is 11.1. The maximum Gasteiger partial charge on any atom is 0.251 e. The van der Waals surface area contributed by atoms with Crippen LogP contribution in [0.4, 0.5) is 5.69 Å². The van der Waals surface area contributed by atoms with Crippen LogP contribution in [-0.4, -0.2) is 24.4 Å². The molecule has 4 N–H and O–H groups in total. The van der Waals surface area contributed by atoms with Gasteiger partial charge in [0.15, 0.2) is 0 Å². The number of carbonyl (C=O) groups excluding carboxylic acids is 2. The van der Waals surface area contributed by atoms with Crippen molar-refractivity contribution in [2.75, 3.05) is 11.9 Å². The van der Waals surface area contributed by atoms with Gasteiger partial charge in [0.05, 0.1) is 0 Å². The van der Waals surface area contributed by atoms with Gasteiger partial charge in [-0.2, -0.15) is 0 Å². The summed E-state index contributed by atoms with van der Waals surface area (Å²) in [6.45, 7) is 2.41. The molecule has 0 radical (unpaired) electrons. The zero-order chi connectivity index (χ0) is 16.7. The Bertz CT molecular complexity index is 551. The molecule has 5 nitrogen and oxygen atoms in total. The topological polar surface area (TPSA) is 84.2 Å². The third kappa shape index (κ3) is 5.36. The number of amides is 2. The van der Waals surface area contributed by atoms with E-state index in [9.17, 15) is 9.59 Å². The summed E-state index contributed by atoms with van der Waals surface area (Å²) in [4.78, 5) is 24.1. The van der Waals surface area contributed by atoms with Crippen LogP contribution < -0.4 is 16.4 Å². The molecule has 0 spiro atoms. The SMILES string of the molecule is Cc1cc(C(=O)NC2CCCCC2)ccc1NC(=O)CCCN. The van der Waals surface area contributed by atoms with Crippen LogP contribution in [0.2, 0.25) is 0 Å². The van der Waals surface area contributed by atoms with Crippen molar-refractivity contribution in [2.45, 2.75) is 57.9 Å². The van der Waals surface area contributed by atoms with E-state index in [0.717, 1.165) is 24.1 Å². The Morgan fingerprint density at radius 1 is 1.22 bits per heavy atom. The predicted molar refractivity (Wildman–Crippen MR) is 92.4 cm³/mol. The van der Waals surface area contributed by atoms with Crippen molar-refractivity contribution in [2.24, 2.45) is 5.73 Å². The third-order valence-corrected chi connectivity index (χ3v) is 4.31. The average Bonchev–Trinajstić information content (AvgIpc) is 2.55. The minimum Gasteiger partial charge on any atom is -0.349 e. The van der Waals surface area contributed by atoms with Gasteiger partial charge >= 0.3 is 0 Å². The molecule has 0 aromatic heterocycles. The molecule has 2 rings (SSSR count). The number of nitrogens with one attached hydrogen (secondary N) is 2. The molecule has 1 aromatic carbocycles. The second-order valence-corrected chi connectivity index (χ2v) is 6.28. The van der Waals surface area contributed by atoms with Gasteiger partial charge in [-0.05, 0) is 56.5 Å². The van der Waals surface area contributed by atoms with E-state index in [4.69, 9.17) is 5.73 Å². The molecule has 23 heavy (non-hydrogen) atoms. The van der Waals surface area contributed by atoms with E-state index in [1.54, 1.807) is 12.1 Å². The standard InChI is InChI=1S/C18H27N3O2/c1-13-12-14(18(23)20-15-6-3-2-4-7-15)9-10-16(13)21-17(22)8-5-11-19/h9-10,12,15H,2-8,11,19H2,1H3,(H,20,23)(H,21,22). The molecule has 1 aliphatic carbocycles. The monoisotopic (exact) mass is 317 g/mol. The first-order valence-electron chi connectivity index (χ1n) is 8.51. The van der Waals surface area contributed by atoms with Gasteiger partial charge in [-0.25, -0.2) is 0 Å². The maximum atomic E-state index is 12.3. The number of anilines is 1. The van der Waals surface area contributed by atoms with Crippen LogP contribution in [-0.2, 0) is 4.79 Å². The molecule has 126 valence electrons. The number of nitrogens with two attached hydrogens (primary N) is 1. The molecular weight excluding hydrogens is 290 g/mol. The fourth-order valence-corrected chi connectivity index (χ4v) is 2.94. The van der Waals surface area contributed by atoms with Crippen molar-refractivity contribution >= 4 is 17.5 Å². The molecule has 0 unspecified atom stereocenters. The number of rotatable bonds is 6. The molecule has 0 bridgehead atoms. The molecule has 2 amide bonds. The fourth-order valence-electron chi connectivity index (χ4n) is 2.94. The van der Waals surface area contributed by atoms with Crippen LogP contribution in [0, 0.1) is 6.92 Å². The Balaban J connectivity index is 1.94. The number of hydrogen-bond acceptors (Lipinski definition) is 3. The molecule has 1 fully saturated rings. The van der Waals surface area contributed by atoms with Crippen LogP contribution in [0.25, 0.3) is 0 Å². The molecule has 0 aliphatic heterocycles. The van der Waals surface area contributed by atoms with Gasteiger partial charge < -0.3 is 16.4 Å². The lowest BCUT2D eigenvalue weighted by Crippen LogP contribution is -2.36. The Hall–Kier alpha value is -1.88. The van der Waals surface area contributed by atoms with Crippen LogP contribution in [0.3, 0.4) is 0 Å². The zero-order valence-corrected chi connectivity index (χ0v) is 13.9. The van der Waals surface area contributed by atoms with Crippen molar-refractivity contribution in [1.82, 2.24) is 5.32 Å². The highest BCUT2D eigenvalue weighted by Gasteiger charge is 2.17. The van der Waals surface area contributed by atoms with Gasteiger partial charge in [0.25, 0.3) is 5.91 Å². The van der Waals surface area contributed by atoms with E-state index < -0.39 is 0 Å². The minimum atomic E-state index is -0.0436. The molecular formula is C18H27N3O2. The van der Waals surface area contributed by atoms with Crippen molar-refractivity contribution < 1.29 is 9.59 Å². The van der Waals surface area contributed by atoms with Gasteiger partial charge in [-0.3, -0.25) is 9.59 Å². The van der Waals surface area contributed by atoms with Gasteiger partial charge in [-0.1, -0.05) is 19.3 Å². The summed E-state index contributed by atoms with van der Waals surface area (Å²) >= 11 is 0. The molecule has 0 heterocycles. The van der Waals surface area contributed by atoms with Crippen LogP contribution >= 0.6 is 0 Å². The molecule has 5 heteroatoms. The van der Waals surface area contributed by atoms with Crippen LogP contribution in [0.15, 0.2) is 18.2 Å². The Labute approximate surface area is 138 Å². The van der Waals surface area contributed by atoms with E-state index in [0.29, 0.717) is 31.0 Å². The van der Waals surface area contributed by atoms with Crippen molar-refractivity contribution in [3.05, 3.63) is 29.3 Å². The highest BCUT2D eigenvalue weighted by molar-refractivity contribution is 5.96. The predicted octanol–water partition coefficient (Wildman–Crippen LogP) is 2.73. The summed E-state index contributed by atoms with van der Waals surface area (Å²) in [6, 6.07) is 5.69. The summed E-state index contributed by atoms with van der Waals surface area (Å²) in [5, 5.41) is 5.98. The highest BCUT2D eigenvalue weighted by atomic mass is 16.2. The largest absolute Gasteiger partial charge is 0.349 e. The molecule has 0 saturated heterocycles. The van der Waals surface area contributed by atoms with Gasteiger partial charge in [0.1, 0.15) is 0 Å². The van der Waals surface area contributed by atoms with Crippen LogP contribution in [0.5, 0.6) is 0 Å². The quantitative estimate of drug-likeness (QED) is 0.754. The van der Waals surface area contributed by atoms with Gasteiger partial charge in [0, 0.05) is 23.7 Å². The van der Waals surface area contributed by atoms with E-state index >= 15 is 0 Å². The first kappa shape index (κ1) is 17.5. The second kappa shape index (κ2) is 8.67. The summed E-state index contributed by atoms with van der Waals surface area (Å²) < 4.78 is 0. The van der Waals surface area contributed by atoms with Crippen molar-refractivity contribution in [3.8, 4) is 0 Å². The number of aryl methyl sites for hydroxylation is 1. The average molecular weight is 317 g/mol. The Morgan fingerprint density at radius 2 is 1.96 bits per heavy atom. The highest BCUT2D eigenvalue weighted by Crippen LogP contribution is 2.20. The fraction of sp³-hybridized carbons (Fsp3) is 0.556. The molecule has 1 aromatic rings.